The lowest BCUT2D eigenvalue weighted by Crippen LogP contribution is -2.33. The number of carbonyl (C=O) groups excluding carboxylic acids is 1. The highest BCUT2D eigenvalue weighted by Crippen LogP contribution is 2.15. The lowest BCUT2D eigenvalue weighted by molar-refractivity contribution is -0.146. The third-order valence-corrected chi connectivity index (χ3v) is 3.64. The SMILES string of the molecule is Cc1cccc(COc2ccc(CNC(=O)C(C)C(=O)O)cc2)c1. The second-order valence-corrected chi connectivity index (χ2v) is 5.70. The van der Waals surface area contributed by atoms with Gasteiger partial charge in [0.05, 0.1) is 0 Å². The van der Waals surface area contributed by atoms with Gasteiger partial charge in [-0.15, -0.1) is 0 Å². The molecule has 0 aliphatic rings. The number of carboxylic acid groups (broad SMARTS) is 1. The molecule has 1 atom stereocenters. The first kappa shape index (κ1) is 17.5. The molecule has 5 heteroatoms. The fraction of sp³-hybridized carbons (Fsp3) is 0.263. The van der Waals surface area contributed by atoms with E-state index in [0.717, 1.165) is 16.9 Å². The maximum atomic E-state index is 11.6. The first-order chi connectivity index (χ1) is 11.5. The van der Waals surface area contributed by atoms with Crippen LogP contribution in [0.1, 0.15) is 23.6 Å². The zero-order valence-electron chi connectivity index (χ0n) is 13.8. The van der Waals surface area contributed by atoms with Gasteiger partial charge in [0.1, 0.15) is 18.3 Å². The summed E-state index contributed by atoms with van der Waals surface area (Å²) in [6.07, 6.45) is 0. The van der Waals surface area contributed by atoms with Crippen LogP contribution < -0.4 is 10.1 Å². The summed E-state index contributed by atoms with van der Waals surface area (Å²) in [5, 5.41) is 11.4. The number of benzene rings is 2. The van der Waals surface area contributed by atoms with Crippen LogP contribution in [-0.2, 0) is 22.7 Å². The summed E-state index contributed by atoms with van der Waals surface area (Å²) in [5.74, 6) is -1.94. The van der Waals surface area contributed by atoms with E-state index in [2.05, 4.69) is 11.4 Å². The van der Waals surface area contributed by atoms with Gasteiger partial charge in [0.2, 0.25) is 5.91 Å². The third-order valence-electron chi connectivity index (χ3n) is 3.64. The van der Waals surface area contributed by atoms with E-state index in [-0.39, 0.29) is 6.54 Å². The van der Waals surface area contributed by atoms with Crippen molar-refractivity contribution in [2.45, 2.75) is 27.0 Å². The van der Waals surface area contributed by atoms with Gasteiger partial charge in [-0.2, -0.15) is 0 Å². The van der Waals surface area contributed by atoms with Crippen molar-refractivity contribution in [3.05, 3.63) is 65.2 Å². The van der Waals surface area contributed by atoms with E-state index in [1.54, 1.807) is 0 Å². The van der Waals surface area contributed by atoms with Crippen molar-refractivity contribution in [3.63, 3.8) is 0 Å². The number of ether oxygens (including phenoxy) is 1. The molecule has 0 aromatic heterocycles. The molecule has 0 fully saturated rings. The topological polar surface area (TPSA) is 75.6 Å². The molecule has 0 saturated carbocycles. The zero-order chi connectivity index (χ0) is 17.5. The van der Waals surface area contributed by atoms with Gasteiger partial charge in [-0.3, -0.25) is 9.59 Å². The van der Waals surface area contributed by atoms with Crippen molar-refractivity contribution in [2.75, 3.05) is 0 Å². The number of hydrogen-bond donors (Lipinski definition) is 2. The summed E-state index contributed by atoms with van der Waals surface area (Å²) in [7, 11) is 0. The fourth-order valence-electron chi connectivity index (χ4n) is 2.13. The molecular formula is C19H21NO4. The number of carbonyl (C=O) groups is 2. The molecule has 24 heavy (non-hydrogen) atoms. The Hall–Kier alpha value is -2.82. The van der Waals surface area contributed by atoms with Crippen molar-refractivity contribution in [1.29, 1.82) is 0 Å². The summed E-state index contributed by atoms with van der Waals surface area (Å²) >= 11 is 0. The first-order valence-electron chi connectivity index (χ1n) is 7.73. The van der Waals surface area contributed by atoms with Crippen molar-refractivity contribution >= 4 is 11.9 Å². The number of hydrogen-bond acceptors (Lipinski definition) is 3. The van der Waals surface area contributed by atoms with Crippen LogP contribution in [-0.4, -0.2) is 17.0 Å². The van der Waals surface area contributed by atoms with Crippen LogP contribution in [0.15, 0.2) is 48.5 Å². The van der Waals surface area contributed by atoms with Crippen molar-refractivity contribution in [2.24, 2.45) is 5.92 Å². The van der Waals surface area contributed by atoms with Crippen LogP contribution in [0.3, 0.4) is 0 Å². The summed E-state index contributed by atoms with van der Waals surface area (Å²) in [4.78, 5) is 22.3. The van der Waals surface area contributed by atoms with Crippen molar-refractivity contribution < 1.29 is 19.4 Å². The maximum Gasteiger partial charge on any atom is 0.315 e. The number of amides is 1. The van der Waals surface area contributed by atoms with Gasteiger partial charge in [0, 0.05) is 6.54 Å². The van der Waals surface area contributed by atoms with Gasteiger partial charge < -0.3 is 15.2 Å². The second-order valence-electron chi connectivity index (χ2n) is 5.70. The van der Waals surface area contributed by atoms with Gasteiger partial charge in [-0.1, -0.05) is 42.0 Å². The van der Waals surface area contributed by atoms with E-state index >= 15 is 0 Å². The van der Waals surface area contributed by atoms with E-state index in [4.69, 9.17) is 9.84 Å². The molecule has 0 spiro atoms. The Labute approximate surface area is 141 Å². The highest BCUT2D eigenvalue weighted by molar-refractivity contribution is 5.96. The summed E-state index contributed by atoms with van der Waals surface area (Å²) in [5.41, 5.74) is 3.18. The molecule has 126 valence electrons. The second kappa shape index (κ2) is 8.15. The molecular weight excluding hydrogens is 306 g/mol. The predicted molar refractivity (Wildman–Crippen MR) is 90.6 cm³/mol. The molecule has 0 bridgehead atoms. The molecule has 1 amide bonds. The standard InChI is InChI=1S/C19H21NO4/c1-13-4-3-5-16(10-13)12-24-17-8-6-15(7-9-17)11-20-18(21)14(2)19(22)23/h3-10,14H,11-12H2,1-2H3,(H,20,21)(H,22,23). The minimum Gasteiger partial charge on any atom is -0.489 e. The van der Waals surface area contributed by atoms with E-state index in [0.29, 0.717) is 6.61 Å². The van der Waals surface area contributed by atoms with Gasteiger partial charge in [-0.05, 0) is 37.1 Å². The van der Waals surface area contributed by atoms with Gasteiger partial charge >= 0.3 is 5.97 Å². The summed E-state index contributed by atoms with van der Waals surface area (Å²) in [6, 6.07) is 15.5. The fourth-order valence-corrected chi connectivity index (χ4v) is 2.13. The number of nitrogens with one attached hydrogen (secondary N) is 1. The molecule has 0 radical (unpaired) electrons. The Kier molecular flexibility index (Phi) is 5.95. The number of carboxylic acids is 1. The first-order valence-corrected chi connectivity index (χ1v) is 7.73. The lowest BCUT2D eigenvalue weighted by Gasteiger charge is -2.10. The molecule has 0 saturated heterocycles. The van der Waals surface area contributed by atoms with Gasteiger partial charge in [-0.25, -0.2) is 0 Å². The minimum atomic E-state index is -1.13. The molecule has 5 nitrogen and oxygen atoms in total. The van der Waals surface area contributed by atoms with Gasteiger partial charge in [0.25, 0.3) is 0 Å². The quantitative estimate of drug-likeness (QED) is 0.767. The lowest BCUT2D eigenvalue weighted by atomic mass is 10.1. The maximum absolute atomic E-state index is 11.6. The largest absolute Gasteiger partial charge is 0.489 e. The summed E-state index contributed by atoms with van der Waals surface area (Å²) < 4.78 is 5.73. The Morgan fingerprint density at radius 2 is 1.83 bits per heavy atom. The molecule has 2 N–H and O–H groups in total. The van der Waals surface area contributed by atoms with Crippen LogP contribution in [0, 0.1) is 12.8 Å². The number of aryl methyl sites for hydroxylation is 1. The van der Waals surface area contributed by atoms with Crippen LogP contribution in [0.4, 0.5) is 0 Å². The Morgan fingerprint density at radius 3 is 2.46 bits per heavy atom. The van der Waals surface area contributed by atoms with E-state index in [1.165, 1.54) is 12.5 Å². The number of rotatable bonds is 7. The van der Waals surface area contributed by atoms with Crippen LogP contribution in [0.2, 0.25) is 0 Å². The minimum absolute atomic E-state index is 0.286. The molecule has 2 aromatic carbocycles. The molecule has 0 aliphatic heterocycles. The average molecular weight is 327 g/mol. The van der Waals surface area contributed by atoms with Crippen LogP contribution in [0.25, 0.3) is 0 Å². The predicted octanol–water partition coefficient (Wildman–Crippen LogP) is 2.91. The van der Waals surface area contributed by atoms with E-state index in [9.17, 15) is 9.59 Å². The highest BCUT2D eigenvalue weighted by Gasteiger charge is 2.19. The highest BCUT2D eigenvalue weighted by atomic mass is 16.5. The Balaban J connectivity index is 1.84. The third kappa shape index (κ3) is 5.12. The number of aliphatic carboxylic acids is 1. The van der Waals surface area contributed by atoms with E-state index < -0.39 is 17.8 Å². The van der Waals surface area contributed by atoms with Crippen LogP contribution >= 0.6 is 0 Å². The van der Waals surface area contributed by atoms with E-state index in [1.807, 2.05) is 49.4 Å². The average Bonchev–Trinajstić information content (AvgIpc) is 2.58. The Morgan fingerprint density at radius 1 is 1.12 bits per heavy atom. The summed E-state index contributed by atoms with van der Waals surface area (Å²) in [6.45, 7) is 4.18. The monoisotopic (exact) mass is 327 g/mol. The van der Waals surface area contributed by atoms with Gasteiger partial charge in [0.15, 0.2) is 0 Å². The smallest absolute Gasteiger partial charge is 0.315 e. The van der Waals surface area contributed by atoms with Crippen LogP contribution in [0.5, 0.6) is 5.75 Å². The molecule has 2 aromatic rings. The van der Waals surface area contributed by atoms with Crippen molar-refractivity contribution in [1.82, 2.24) is 5.32 Å². The molecule has 0 aliphatic carbocycles. The zero-order valence-corrected chi connectivity index (χ0v) is 13.8. The normalized spacial score (nSPS) is 11.6. The molecule has 2 rings (SSSR count). The van der Waals surface area contributed by atoms with Crippen molar-refractivity contribution in [3.8, 4) is 5.75 Å². The molecule has 1 unspecified atom stereocenters. The molecule has 0 heterocycles. The Bertz CT molecular complexity index is 710.